The summed E-state index contributed by atoms with van der Waals surface area (Å²) in [6.07, 6.45) is 0.640. The van der Waals surface area contributed by atoms with Crippen LogP contribution in [0.15, 0.2) is 18.2 Å². The quantitative estimate of drug-likeness (QED) is 0.824. The molecule has 0 heterocycles. The van der Waals surface area contributed by atoms with E-state index in [1.54, 1.807) is 13.8 Å². The van der Waals surface area contributed by atoms with Crippen molar-refractivity contribution in [2.75, 3.05) is 6.61 Å². The van der Waals surface area contributed by atoms with Crippen molar-refractivity contribution in [3.05, 3.63) is 29.3 Å². The zero-order valence-corrected chi connectivity index (χ0v) is 10.0. The molecule has 1 aromatic rings. The summed E-state index contributed by atoms with van der Waals surface area (Å²) in [5.41, 5.74) is 1.63. The highest BCUT2D eigenvalue weighted by atomic mass is 16.5. The molecule has 0 saturated carbocycles. The fourth-order valence-corrected chi connectivity index (χ4v) is 1.43. The van der Waals surface area contributed by atoms with Crippen molar-refractivity contribution in [2.24, 2.45) is 0 Å². The van der Waals surface area contributed by atoms with Gasteiger partial charge in [0, 0.05) is 6.42 Å². The Balaban J connectivity index is 2.58. The molecule has 0 saturated heterocycles. The van der Waals surface area contributed by atoms with Gasteiger partial charge in [-0.25, -0.2) is 0 Å². The zero-order valence-electron chi connectivity index (χ0n) is 10.0. The predicted molar refractivity (Wildman–Crippen MR) is 62.3 cm³/mol. The Hall–Kier alpha value is -1.02. The van der Waals surface area contributed by atoms with Crippen molar-refractivity contribution in [2.45, 2.75) is 39.7 Å². The van der Waals surface area contributed by atoms with Crippen molar-refractivity contribution in [3.8, 4) is 5.75 Å². The Labute approximate surface area is 91.9 Å². The zero-order chi connectivity index (χ0) is 11.5. The highest BCUT2D eigenvalue weighted by molar-refractivity contribution is 5.39. The van der Waals surface area contributed by atoms with Gasteiger partial charge in [-0.05, 0) is 38.8 Å². The molecule has 0 spiro atoms. The number of benzene rings is 1. The van der Waals surface area contributed by atoms with E-state index in [1.807, 2.05) is 32.0 Å². The molecule has 15 heavy (non-hydrogen) atoms. The first kappa shape index (κ1) is 12.1. The van der Waals surface area contributed by atoms with Crippen LogP contribution in [-0.2, 0) is 0 Å². The van der Waals surface area contributed by atoms with E-state index in [-0.39, 0.29) is 0 Å². The number of rotatable bonds is 4. The first-order chi connectivity index (χ1) is 6.90. The lowest BCUT2D eigenvalue weighted by Gasteiger charge is -2.18. The van der Waals surface area contributed by atoms with E-state index in [0.717, 1.165) is 16.9 Å². The summed E-state index contributed by atoms with van der Waals surface area (Å²) in [6, 6.07) is 6.09. The van der Waals surface area contributed by atoms with Crippen molar-refractivity contribution in [1.82, 2.24) is 0 Å². The molecule has 0 aliphatic carbocycles. The summed E-state index contributed by atoms with van der Waals surface area (Å²) in [4.78, 5) is 0. The molecule has 1 N–H and O–H groups in total. The maximum atomic E-state index is 9.55. The van der Waals surface area contributed by atoms with Gasteiger partial charge in [-0.15, -0.1) is 0 Å². The van der Waals surface area contributed by atoms with Crippen LogP contribution in [0.25, 0.3) is 0 Å². The molecule has 0 amide bonds. The van der Waals surface area contributed by atoms with Crippen LogP contribution in [0.1, 0.15) is 31.4 Å². The lowest BCUT2D eigenvalue weighted by Crippen LogP contribution is -2.22. The predicted octanol–water partition coefficient (Wildman–Crippen LogP) is 2.84. The first-order valence-corrected chi connectivity index (χ1v) is 5.31. The lowest BCUT2D eigenvalue weighted by molar-refractivity contribution is 0.0551. The van der Waals surface area contributed by atoms with Crippen LogP contribution in [0.2, 0.25) is 0 Å². The number of para-hydroxylation sites is 1. The minimum Gasteiger partial charge on any atom is -0.493 e. The minimum absolute atomic E-state index is 0.551. The second kappa shape index (κ2) is 4.67. The van der Waals surface area contributed by atoms with Crippen LogP contribution >= 0.6 is 0 Å². The molecule has 0 fully saturated rings. The second-order valence-corrected chi connectivity index (χ2v) is 4.63. The van der Waals surface area contributed by atoms with Crippen molar-refractivity contribution < 1.29 is 9.84 Å². The van der Waals surface area contributed by atoms with E-state index in [1.165, 1.54) is 0 Å². The molecule has 84 valence electrons. The van der Waals surface area contributed by atoms with Crippen molar-refractivity contribution >= 4 is 0 Å². The molecule has 0 unspecified atom stereocenters. The van der Waals surface area contributed by atoms with Crippen molar-refractivity contribution in [1.29, 1.82) is 0 Å². The maximum Gasteiger partial charge on any atom is 0.125 e. The average molecular weight is 208 g/mol. The highest BCUT2D eigenvalue weighted by Crippen LogP contribution is 2.23. The number of hydrogen-bond donors (Lipinski definition) is 1. The molecular formula is C13H20O2. The van der Waals surface area contributed by atoms with Crippen LogP contribution in [-0.4, -0.2) is 17.3 Å². The Kier molecular flexibility index (Phi) is 3.75. The molecule has 0 aliphatic heterocycles. The maximum absolute atomic E-state index is 9.55. The van der Waals surface area contributed by atoms with Gasteiger partial charge < -0.3 is 9.84 Å². The highest BCUT2D eigenvalue weighted by Gasteiger charge is 2.12. The van der Waals surface area contributed by atoms with Crippen LogP contribution in [0.3, 0.4) is 0 Å². The normalized spacial score (nSPS) is 11.5. The van der Waals surface area contributed by atoms with E-state index in [9.17, 15) is 5.11 Å². The number of hydrogen-bond acceptors (Lipinski definition) is 2. The first-order valence-electron chi connectivity index (χ1n) is 5.31. The Morgan fingerprint density at radius 3 is 2.20 bits per heavy atom. The summed E-state index contributed by atoms with van der Waals surface area (Å²) in [5.74, 6) is 0.946. The third kappa shape index (κ3) is 3.92. The number of ether oxygens (including phenoxy) is 1. The van der Waals surface area contributed by atoms with Crippen molar-refractivity contribution in [3.63, 3.8) is 0 Å². The summed E-state index contributed by atoms with van der Waals surface area (Å²) in [5, 5.41) is 9.55. The second-order valence-electron chi connectivity index (χ2n) is 4.63. The monoisotopic (exact) mass is 208 g/mol. The van der Waals surface area contributed by atoms with Gasteiger partial charge in [0.25, 0.3) is 0 Å². The topological polar surface area (TPSA) is 29.5 Å². The van der Waals surface area contributed by atoms with E-state index in [2.05, 4.69) is 0 Å². The van der Waals surface area contributed by atoms with Gasteiger partial charge >= 0.3 is 0 Å². The van der Waals surface area contributed by atoms with Gasteiger partial charge in [-0.2, -0.15) is 0 Å². The van der Waals surface area contributed by atoms with Crippen LogP contribution in [0, 0.1) is 13.8 Å². The largest absolute Gasteiger partial charge is 0.493 e. The van der Waals surface area contributed by atoms with Gasteiger partial charge in [0.2, 0.25) is 0 Å². The molecule has 0 aromatic heterocycles. The summed E-state index contributed by atoms with van der Waals surface area (Å²) in [7, 11) is 0. The van der Waals surface area contributed by atoms with Crippen LogP contribution < -0.4 is 4.74 Å². The van der Waals surface area contributed by atoms with Gasteiger partial charge in [0.05, 0.1) is 12.2 Å². The summed E-state index contributed by atoms with van der Waals surface area (Å²) >= 11 is 0. The number of aryl methyl sites for hydroxylation is 2. The molecule has 0 atom stereocenters. The molecule has 0 bridgehead atoms. The Morgan fingerprint density at radius 2 is 1.73 bits per heavy atom. The van der Waals surface area contributed by atoms with Gasteiger partial charge in [-0.1, -0.05) is 18.2 Å². The van der Waals surface area contributed by atoms with E-state index in [0.29, 0.717) is 13.0 Å². The van der Waals surface area contributed by atoms with Crippen LogP contribution in [0.4, 0.5) is 0 Å². The standard InChI is InChI=1S/C13H20O2/c1-10-6-5-7-11(2)12(10)15-9-8-13(3,4)14/h5-7,14H,8-9H2,1-4H3. The molecule has 0 radical (unpaired) electrons. The lowest BCUT2D eigenvalue weighted by atomic mass is 10.1. The summed E-state index contributed by atoms with van der Waals surface area (Å²) in [6.45, 7) is 8.20. The molecular weight excluding hydrogens is 188 g/mol. The van der Waals surface area contributed by atoms with Crippen LogP contribution in [0.5, 0.6) is 5.75 Å². The van der Waals surface area contributed by atoms with Gasteiger partial charge in [0.15, 0.2) is 0 Å². The van der Waals surface area contributed by atoms with E-state index in [4.69, 9.17) is 4.74 Å². The molecule has 0 aliphatic rings. The average Bonchev–Trinajstić information content (AvgIpc) is 2.08. The smallest absolute Gasteiger partial charge is 0.125 e. The minimum atomic E-state index is -0.656. The molecule has 2 heteroatoms. The third-order valence-electron chi connectivity index (χ3n) is 2.37. The molecule has 2 nitrogen and oxygen atoms in total. The number of aliphatic hydroxyl groups is 1. The van der Waals surface area contributed by atoms with Gasteiger partial charge in [-0.3, -0.25) is 0 Å². The fraction of sp³-hybridized carbons (Fsp3) is 0.538. The van der Waals surface area contributed by atoms with E-state index >= 15 is 0 Å². The third-order valence-corrected chi connectivity index (χ3v) is 2.37. The Morgan fingerprint density at radius 1 is 1.20 bits per heavy atom. The molecule has 1 rings (SSSR count). The fourth-order valence-electron chi connectivity index (χ4n) is 1.43. The van der Waals surface area contributed by atoms with E-state index < -0.39 is 5.60 Å². The van der Waals surface area contributed by atoms with Gasteiger partial charge in [0.1, 0.15) is 5.75 Å². The summed E-state index contributed by atoms with van der Waals surface area (Å²) < 4.78 is 5.68. The SMILES string of the molecule is Cc1cccc(C)c1OCCC(C)(C)O. The molecule has 1 aromatic carbocycles. The Bertz CT molecular complexity index is 304.